The fourth-order valence-corrected chi connectivity index (χ4v) is 6.62. The third-order valence-electron chi connectivity index (χ3n) is 8.44. The quantitative estimate of drug-likeness (QED) is 0.109. The molecular weight excluding hydrogens is 644 g/mol. The molecule has 0 radical (unpaired) electrons. The molecule has 0 saturated carbocycles. The van der Waals surface area contributed by atoms with Gasteiger partial charge in [0.05, 0.1) is 11.1 Å². The van der Waals surface area contributed by atoms with Crippen molar-refractivity contribution in [2.75, 3.05) is 0 Å². The van der Waals surface area contributed by atoms with Crippen molar-refractivity contribution in [3.8, 4) is 11.1 Å². The molecule has 0 atom stereocenters. The zero-order valence-corrected chi connectivity index (χ0v) is 33.3. The summed E-state index contributed by atoms with van der Waals surface area (Å²) >= 11 is 0. The van der Waals surface area contributed by atoms with Gasteiger partial charge in [-0.2, -0.15) is 0 Å². The lowest BCUT2D eigenvalue weighted by Crippen LogP contribution is -2.28. The minimum absolute atomic E-state index is 0.206. The summed E-state index contributed by atoms with van der Waals surface area (Å²) in [6.07, 6.45) is 6.78. The number of hydrogen-bond acceptors (Lipinski definition) is 8. The van der Waals surface area contributed by atoms with Gasteiger partial charge in [-0.1, -0.05) is 37.8 Å². The van der Waals surface area contributed by atoms with Gasteiger partial charge in [0.15, 0.2) is 0 Å². The molecule has 0 fully saturated rings. The lowest BCUT2D eigenvalue weighted by Gasteiger charge is -2.33. The van der Waals surface area contributed by atoms with Crippen molar-refractivity contribution >= 4 is 23.9 Å². The number of ether oxygens (including phenoxy) is 4. The normalized spacial score (nSPS) is 14.0. The van der Waals surface area contributed by atoms with Crippen LogP contribution in [0.15, 0.2) is 36.4 Å². The molecule has 0 bridgehead atoms. The number of benzene rings is 2. The average molecular weight is 707 g/mol. The Balaban J connectivity index is 2.02. The van der Waals surface area contributed by atoms with Crippen LogP contribution in [0, 0.1) is 0 Å². The van der Waals surface area contributed by atoms with E-state index in [-0.39, 0.29) is 23.9 Å². The maximum atomic E-state index is 13.4. The molecule has 0 unspecified atom stereocenters. The third kappa shape index (κ3) is 12.8. The van der Waals surface area contributed by atoms with E-state index < -0.39 is 27.8 Å². The van der Waals surface area contributed by atoms with Gasteiger partial charge in [0, 0.05) is 18.3 Å². The Hall–Kier alpha value is -3.68. The minimum Gasteiger partial charge on any atom is -0.460 e. The number of hydrogen-bond donors (Lipinski definition) is 0. The molecule has 0 aliphatic heterocycles. The molecule has 2 aromatic carbocycles. The van der Waals surface area contributed by atoms with Gasteiger partial charge in [-0.05, 0) is 155 Å². The van der Waals surface area contributed by atoms with Gasteiger partial charge in [-0.15, -0.1) is 0 Å². The van der Waals surface area contributed by atoms with Crippen molar-refractivity contribution in [1.82, 2.24) is 0 Å². The second kappa shape index (κ2) is 16.3. The molecular formula is C43H62O8. The Labute approximate surface area is 306 Å². The SMILES string of the molecule is CC(C)(C)OC(=O)CCCCCC1(CCCCCC(=O)OC(C)(C)C)c2cc(C(=O)OC(C)(C)C)ccc2-c2ccc(C(=O)OC(C)(C)C)cc21. The minimum atomic E-state index is -0.652. The summed E-state index contributed by atoms with van der Waals surface area (Å²) in [4.78, 5) is 51.7. The molecule has 0 saturated heterocycles. The van der Waals surface area contributed by atoms with E-state index in [0.29, 0.717) is 36.8 Å². The van der Waals surface area contributed by atoms with Gasteiger partial charge in [-0.3, -0.25) is 9.59 Å². The first-order chi connectivity index (χ1) is 23.4. The van der Waals surface area contributed by atoms with E-state index >= 15 is 0 Å². The highest BCUT2D eigenvalue weighted by Crippen LogP contribution is 2.55. The second-order valence-electron chi connectivity index (χ2n) is 17.9. The van der Waals surface area contributed by atoms with E-state index in [9.17, 15) is 19.2 Å². The fourth-order valence-electron chi connectivity index (χ4n) is 6.62. The van der Waals surface area contributed by atoms with Crippen molar-refractivity contribution in [2.45, 2.75) is 175 Å². The Morgan fingerprint density at radius 3 is 1.12 bits per heavy atom. The molecule has 1 aliphatic rings. The average Bonchev–Trinajstić information content (AvgIpc) is 3.21. The first kappa shape index (κ1) is 41.7. The number of unbranched alkanes of at least 4 members (excludes halogenated alkanes) is 4. The summed E-state index contributed by atoms with van der Waals surface area (Å²) < 4.78 is 22.6. The summed E-state index contributed by atoms with van der Waals surface area (Å²) in [6.45, 7) is 22.3. The summed E-state index contributed by atoms with van der Waals surface area (Å²) in [7, 11) is 0. The lowest BCUT2D eigenvalue weighted by atomic mass is 9.70. The van der Waals surface area contributed by atoms with Gasteiger partial charge in [-0.25, -0.2) is 9.59 Å². The smallest absolute Gasteiger partial charge is 0.338 e. The molecule has 3 rings (SSSR count). The van der Waals surface area contributed by atoms with Crippen LogP contribution in [0.25, 0.3) is 11.1 Å². The van der Waals surface area contributed by atoms with E-state index in [4.69, 9.17) is 18.9 Å². The van der Waals surface area contributed by atoms with Crippen molar-refractivity contribution in [3.05, 3.63) is 58.7 Å². The van der Waals surface area contributed by atoms with Gasteiger partial charge in [0.2, 0.25) is 0 Å². The summed E-state index contributed by atoms with van der Waals surface area (Å²) in [5.41, 5.74) is 2.17. The topological polar surface area (TPSA) is 105 Å². The second-order valence-corrected chi connectivity index (χ2v) is 17.9. The molecule has 282 valence electrons. The number of fused-ring (bicyclic) bond motifs is 3. The molecule has 0 heterocycles. The summed E-state index contributed by atoms with van der Waals surface area (Å²) in [5.74, 6) is -1.19. The zero-order chi connectivity index (χ0) is 38.4. The van der Waals surface area contributed by atoms with E-state index in [2.05, 4.69) is 0 Å². The lowest BCUT2D eigenvalue weighted by molar-refractivity contribution is -0.156. The van der Waals surface area contributed by atoms with Crippen LogP contribution < -0.4 is 0 Å². The van der Waals surface area contributed by atoms with Crippen LogP contribution >= 0.6 is 0 Å². The maximum Gasteiger partial charge on any atom is 0.338 e. The van der Waals surface area contributed by atoms with Crippen LogP contribution in [-0.2, 0) is 34.0 Å². The van der Waals surface area contributed by atoms with E-state index in [0.717, 1.165) is 60.8 Å². The molecule has 0 spiro atoms. The van der Waals surface area contributed by atoms with Gasteiger partial charge >= 0.3 is 23.9 Å². The number of rotatable bonds is 14. The number of carbonyl (C=O) groups excluding carboxylic acids is 4. The fraction of sp³-hybridized carbons (Fsp3) is 0.628. The Morgan fingerprint density at radius 1 is 0.471 bits per heavy atom. The van der Waals surface area contributed by atoms with Crippen LogP contribution in [0.2, 0.25) is 0 Å². The highest BCUT2D eigenvalue weighted by molar-refractivity contribution is 5.95. The monoisotopic (exact) mass is 706 g/mol. The highest BCUT2D eigenvalue weighted by atomic mass is 16.6. The number of esters is 4. The third-order valence-corrected chi connectivity index (χ3v) is 8.44. The molecule has 0 aromatic heterocycles. The van der Waals surface area contributed by atoms with Gasteiger partial charge in [0.25, 0.3) is 0 Å². The Kier molecular flexibility index (Phi) is 13.4. The Bertz CT molecular complexity index is 1440. The molecule has 2 aromatic rings. The molecule has 0 N–H and O–H groups in total. The molecule has 1 aliphatic carbocycles. The first-order valence-corrected chi connectivity index (χ1v) is 18.6. The van der Waals surface area contributed by atoms with Crippen LogP contribution in [0.5, 0.6) is 0 Å². The zero-order valence-electron chi connectivity index (χ0n) is 33.3. The van der Waals surface area contributed by atoms with Crippen molar-refractivity contribution < 1.29 is 38.1 Å². The van der Waals surface area contributed by atoms with Crippen LogP contribution in [0.3, 0.4) is 0 Å². The summed E-state index contributed by atoms with van der Waals surface area (Å²) in [6, 6.07) is 11.6. The molecule has 51 heavy (non-hydrogen) atoms. The number of carbonyl (C=O) groups is 4. The van der Waals surface area contributed by atoms with Gasteiger partial charge in [0.1, 0.15) is 22.4 Å². The van der Waals surface area contributed by atoms with Crippen LogP contribution in [0.1, 0.15) is 179 Å². The van der Waals surface area contributed by atoms with Crippen molar-refractivity contribution in [2.24, 2.45) is 0 Å². The molecule has 8 nitrogen and oxygen atoms in total. The summed E-state index contributed by atoms with van der Waals surface area (Å²) in [5, 5.41) is 0. The van der Waals surface area contributed by atoms with Gasteiger partial charge < -0.3 is 18.9 Å². The highest BCUT2D eigenvalue weighted by Gasteiger charge is 2.43. The van der Waals surface area contributed by atoms with E-state index in [1.54, 1.807) is 0 Å². The van der Waals surface area contributed by atoms with E-state index in [1.165, 1.54) is 0 Å². The predicted octanol–water partition coefficient (Wildman–Crippen LogP) is 10.4. The standard InChI is InChI=1S/C43H62O8/c1-39(2,3)48-35(44)19-15-13-17-25-43(26-18-14-16-20-36(45)49-40(4,5)6)33-27-29(37(46)50-41(7,8)9)21-23-31(33)32-24-22-30(28-34(32)43)38(47)51-42(10,11)12/h21-24,27-28H,13-20,25-26H2,1-12H3. The predicted molar refractivity (Wildman–Crippen MR) is 201 cm³/mol. The molecule has 8 heteroatoms. The largest absolute Gasteiger partial charge is 0.460 e. The van der Waals surface area contributed by atoms with E-state index in [1.807, 2.05) is 119 Å². The van der Waals surface area contributed by atoms with Crippen LogP contribution in [-0.4, -0.2) is 46.3 Å². The van der Waals surface area contributed by atoms with Crippen molar-refractivity contribution in [3.63, 3.8) is 0 Å². The molecule has 0 amide bonds. The maximum absolute atomic E-state index is 13.4. The first-order valence-electron chi connectivity index (χ1n) is 18.6. The Morgan fingerprint density at radius 2 is 0.804 bits per heavy atom. The van der Waals surface area contributed by atoms with Crippen molar-refractivity contribution in [1.29, 1.82) is 0 Å². The van der Waals surface area contributed by atoms with Crippen LogP contribution in [0.4, 0.5) is 0 Å².